The average molecular weight is 537 g/mol. The number of ether oxygens (including phenoxy) is 3. The Bertz CT molecular complexity index is 1120. The van der Waals surface area contributed by atoms with Crippen molar-refractivity contribution < 1.29 is 19.0 Å². The summed E-state index contributed by atoms with van der Waals surface area (Å²) in [4.78, 5) is 23.6. The predicted octanol–water partition coefficient (Wildman–Crippen LogP) is 4.54. The van der Waals surface area contributed by atoms with Crippen LogP contribution in [0.4, 0.5) is 4.79 Å². The van der Waals surface area contributed by atoms with Crippen LogP contribution in [0, 0.1) is 5.41 Å². The first kappa shape index (κ1) is 27.9. The Morgan fingerprint density at radius 1 is 1.13 bits per heavy atom. The van der Waals surface area contributed by atoms with Gasteiger partial charge in [-0.2, -0.15) is 0 Å². The summed E-state index contributed by atoms with van der Waals surface area (Å²) in [6.07, 6.45) is 4.64. The molecule has 1 aliphatic carbocycles. The monoisotopic (exact) mass is 536 g/mol. The van der Waals surface area contributed by atoms with Crippen LogP contribution in [0.2, 0.25) is 0 Å². The smallest absolute Gasteiger partial charge is 0.410 e. The second-order valence-corrected chi connectivity index (χ2v) is 12.8. The number of nitrogens with zero attached hydrogens (tertiary/aromatic N) is 4. The van der Waals surface area contributed by atoms with E-state index in [0.29, 0.717) is 13.2 Å². The molecular formula is C31H44N4O4. The van der Waals surface area contributed by atoms with Crippen molar-refractivity contribution >= 4 is 6.09 Å². The van der Waals surface area contributed by atoms with Gasteiger partial charge in [0.1, 0.15) is 17.5 Å². The van der Waals surface area contributed by atoms with Gasteiger partial charge in [0.05, 0.1) is 24.9 Å². The highest BCUT2D eigenvalue weighted by atomic mass is 16.6. The molecule has 1 aromatic carbocycles. The third-order valence-electron chi connectivity index (χ3n) is 7.95. The van der Waals surface area contributed by atoms with Gasteiger partial charge < -0.3 is 24.0 Å². The Hall–Kier alpha value is -2.68. The molecule has 0 N–H and O–H groups in total. The zero-order chi connectivity index (χ0) is 27.6. The lowest BCUT2D eigenvalue weighted by molar-refractivity contribution is -0.117. The van der Waals surface area contributed by atoms with E-state index in [9.17, 15) is 4.79 Å². The molecule has 8 nitrogen and oxygen atoms in total. The first-order chi connectivity index (χ1) is 18.6. The number of carbonyl (C=O) groups excluding carboxylic acids is 1. The van der Waals surface area contributed by atoms with Crippen LogP contribution in [0.1, 0.15) is 56.5 Å². The third kappa shape index (κ3) is 6.73. The molecule has 3 heterocycles. The number of fused-ring (bicyclic) bond motifs is 1. The van der Waals surface area contributed by atoms with Gasteiger partial charge in [0, 0.05) is 56.3 Å². The predicted molar refractivity (Wildman–Crippen MR) is 151 cm³/mol. The molecule has 2 aliphatic heterocycles. The van der Waals surface area contributed by atoms with Gasteiger partial charge in [-0.15, -0.1) is 0 Å². The molecule has 212 valence electrons. The quantitative estimate of drug-likeness (QED) is 0.436. The van der Waals surface area contributed by atoms with Crippen molar-refractivity contribution in [2.24, 2.45) is 5.41 Å². The number of hydrogen-bond donors (Lipinski definition) is 0. The molecule has 2 aromatic rings. The van der Waals surface area contributed by atoms with E-state index in [2.05, 4.69) is 54.2 Å². The number of pyridine rings is 1. The van der Waals surface area contributed by atoms with Crippen LogP contribution in [0.3, 0.4) is 0 Å². The summed E-state index contributed by atoms with van der Waals surface area (Å²) in [5, 5.41) is 0. The van der Waals surface area contributed by atoms with E-state index in [-0.39, 0.29) is 23.7 Å². The molecule has 2 fully saturated rings. The molecule has 8 heteroatoms. The Morgan fingerprint density at radius 2 is 1.87 bits per heavy atom. The molecule has 1 atom stereocenters. The first-order valence-electron chi connectivity index (χ1n) is 14.2. The van der Waals surface area contributed by atoms with E-state index in [0.717, 1.165) is 63.4 Å². The van der Waals surface area contributed by atoms with Gasteiger partial charge in [0.15, 0.2) is 0 Å². The lowest BCUT2D eigenvalue weighted by atomic mass is 9.62. The number of likely N-dealkylation sites (tertiary alicyclic amines) is 1. The van der Waals surface area contributed by atoms with Gasteiger partial charge in [-0.05, 0) is 59.3 Å². The fourth-order valence-electron chi connectivity index (χ4n) is 6.03. The van der Waals surface area contributed by atoms with Crippen LogP contribution in [-0.4, -0.2) is 91.0 Å². The molecule has 0 radical (unpaired) electrons. The van der Waals surface area contributed by atoms with E-state index >= 15 is 0 Å². The fourth-order valence-corrected chi connectivity index (χ4v) is 6.03. The zero-order valence-electron chi connectivity index (χ0n) is 24.2. The van der Waals surface area contributed by atoms with Crippen LogP contribution < -0.4 is 4.74 Å². The standard InChI is InChI=1S/C31H44N4O4/c1-30(2,3)39-29(36)35-21-31(22-35)17-24(18-31)38-27-11-13-32-25-12-14-34(19-23-9-7-6-8-10-23)26(28(25)27)20-37-16-15-33(4)5/h6-11,13,24,26H,12,14-22H2,1-5H3. The number of aromatic nitrogens is 1. The topological polar surface area (TPSA) is 67.4 Å². The van der Waals surface area contributed by atoms with Crippen LogP contribution >= 0.6 is 0 Å². The van der Waals surface area contributed by atoms with E-state index in [1.807, 2.05) is 37.9 Å². The highest BCUT2D eigenvalue weighted by Crippen LogP contribution is 2.50. The number of amides is 1. The Labute approximate surface area is 233 Å². The van der Waals surface area contributed by atoms with Crippen molar-refractivity contribution in [3.05, 3.63) is 59.4 Å². The van der Waals surface area contributed by atoms with Gasteiger partial charge in [0.2, 0.25) is 0 Å². The average Bonchev–Trinajstić information content (AvgIpc) is 2.82. The normalized spacial score (nSPS) is 20.9. The summed E-state index contributed by atoms with van der Waals surface area (Å²) in [5.74, 6) is 0.933. The minimum absolute atomic E-state index is 0.0835. The van der Waals surface area contributed by atoms with Crippen molar-refractivity contribution in [2.45, 2.75) is 64.3 Å². The second-order valence-electron chi connectivity index (χ2n) is 12.8. The summed E-state index contributed by atoms with van der Waals surface area (Å²) in [7, 11) is 4.13. The van der Waals surface area contributed by atoms with Crippen LogP contribution in [0.25, 0.3) is 0 Å². The number of rotatable bonds is 9. The van der Waals surface area contributed by atoms with Crippen molar-refractivity contribution in [2.75, 3.05) is 53.5 Å². The maximum absolute atomic E-state index is 12.4. The lowest BCUT2D eigenvalue weighted by Crippen LogP contribution is -2.66. The van der Waals surface area contributed by atoms with E-state index in [1.165, 1.54) is 11.1 Å². The highest BCUT2D eigenvalue weighted by molar-refractivity contribution is 5.69. The second kappa shape index (κ2) is 11.4. The number of carbonyl (C=O) groups is 1. The van der Waals surface area contributed by atoms with E-state index < -0.39 is 5.60 Å². The fraction of sp³-hybridized carbons (Fsp3) is 0.613. The summed E-state index contributed by atoms with van der Waals surface area (Å²) in [5.41, 5.74) is 3.29. The molecule has 5 rings (SSSR count). The Kier molecular flexibility index (Phi) is 8.17. The van der Waals surface area contributed by atoms with Crippen LogP contribution in [-0.2, 0) is 22.4 Å². The van der Waals surface area contributed by atoms with E-state index in [1.54, 1.807) is 0 Å². The molecule has 1 amide bonds. The molecule has 1 saturated carbocycles. The zero-order valence-corrected chi connectivity index (χ0v) is 24.2. The van der Waals surface area contributed by atoms with Crippen LogP contribution in [0.5, 0.6) is 5.75 Å². The van der Waals surface area contributed by atoms with Crippen molar-refractivity contribution in [3.63, 3.8) is 0 Å². The maximum atomic E-state index is 12.4. The summed E-state index contributed by atoms with van der Waals surface area (Å²) in [6, 6.07) is 12.7. The summed E-state index contributed by atoms with van der Waals surface area (Å²) >= 11 is 0. The molecular weight excluding hydrogens is 492 g/mol. The molecule has 1 aromatic heterocycles. The minimum Gasteiger partial charge on any atom is -0.490 e. The molecule has 39 heavy (non-hydrogen) atoms. The Morgan fingerprint density at radius 3 is 2.56 bits per heavy atom. The molecule has 1 unspecified atom stereocenters. The first-order valence-corrected chi connectivity index (χ1v) is 14.2. The van der Waals surface area contributed by atoms with Crippen LogP contribution in [0.15, 0.2) is 42.6 Å². The number of hydrogen-bond acceptors (Lipinski definition) is 7. The maximum Gasteiger partial charge on any atom is 0.410 e. The van der Waals surface area contributed by atoms with Gasteiger partial charge >= 0.3 is 6.09 Å². The van der Waals surface area contributed by atoms with Gasteiger partial charge in [-0.3, -0.25) is 9.88 Å². The van der Waals surface area contributed by atoms with Gasteiger partial charge in [0.25, 0.3) is 0 Å². The molecule has 1 spiro atoms. The van der Waals surface area contributed by atoms with Gasteiger partial charge in [-0.1, -0.05) is 30.3 Å². The molecule has 3 aliphatic rings. The number of likely N-dealkylation sites (N-methyl/N-ethyl adjacent to an activating group) is 1. The van der Waals surface area contributed by atoms with Crippen molar-refractivity contribution in [1.82, 2.24) is 19.7 Å². The molecule has 0 bridgehead atoms. The third-order valence-corrected chi connectivity index (χ3v) is 7.95. The molecule has 1 saturated heterocycles. The van der Waals surface area contributed by atoms with Gasteiger partial charge in [-0.25, -0.2) is 4.79 Å². The van der Waals surface area contributed by atoms with Crippen molar-refractivity contribution in [3.8, 4) is 5.75 Å². The SMILES string of the molecule is CN(C)CCOCC1c2c(OC3CC4(C3)CN(C(=O)OC(C)(C)C)C4)ccnc2CCN1Cc1ccccc1. The lowest BCUT2D eigenvalue weighted by Gasteiger charge is -2.58. The number of benzene rings is 1. The minimum atomic E-state index is -0.466. The highest BCUT2D eigenvalue weighted by Gasteiger charge is 2.55. The summed E-state index contributed by atoms with van der Waals surface area (Å²) in [6.45, 7) is 11.2. The van der Waals surface area contributed by atoms with Crippen molar-refractivity contribution in [1.29, 1.82) is 0 Å². The Balaban J connectivity index is 1.25. The summed E-state index contributed by atoms with van der Waals surface area (Å²) < 4.78 is 18.4. The van der Waals surface area contributed by atoms with E-state index in [4.69, 9.17) is 19.2 Å². The largest absolute Gasteiger partial charge is 0.490 e.